The normalized spacial score (nSPS) is 16.8. The first-order valence-electron chi connectivity index (χ1n) is 19.4. The summed E-state index contributed by atoms with van der Waals surface area (Å²) in [6, 6.07) is 1.17. The molecule has 1 aliphatic rings. The van der Waals surface area contributed by atoms with Crippen LogP contribution >= 0.6 is 0 Å². The largest absolute Gasteiger partial charge is 0.372 e. The average Bonchev–Trinajstić information content (AvgIpc) is 3.39. The molecule has 1 aliphatic heterocycles. The molecule has 41 heavy (non-hydrogen) atoms. The number of hydrogen-bond donors (Lipinski definition) is 1. The van der Waals surface area contributed by atoms with Gasteiger partial charge in [-0.2, -0.15) is 0 Å². The standard InChI is InChI=1S/C39H78N2/c1-36(2)31-27-23-19-15-11-7-5-9-13-17-21-25-29-33-38-39(41-35-40-38)34-30-26-22-18-14-10-6-8-12-16-20-24-28-32-37(3)4/h35-39H,5-34H2,1-4H3,(H,40,41). The van der Waals surface area contributed by atoms with Gasteiger partial charge in [0, 0.05) is 6.04 Å². The van der Waals surface area contributed by atoms with Gasteiger partial charge < -0.3 is 5.32 Å². The fourth-order valence-electron chi connectivity index (χ4n) is 6.71. The Morgan fingerprint density at radius 2 is 0.707 bits per heavy atom. The van der Waals surface area contributed by atoms with Crippen LogP contribution in [-0.4, -0.2) is 18.4 Å². The molecular weight excluding hydrogens is 496 g/mol. The molecule has 1 rings (SSSR count). The van der Waals surface area contributed by atoms with Crippen LogP contribution in [-0.2, 0) is 0 Å². The zero-order valence-corrected chi connectivity index (χ0v) is 29.0. The first-order valence-corrected chi connectivity index (χ1v) is 19.4. The molecule has 0 saturated carbocycles. The van der Waals surface area contributed by atoms with Crippen molar-refractivity contribution < 1.29 is 0 Å². The molecule has 1 heterocycles. The molecule has 2 heteroatoms. The third-order valence-electron chi connectivity index (χ3n) is 9.60. The lowest BCUT2D eigenvalue weighted by molar-refractivity contribution is 0.428. The molecule has 0 saturated heterocycles. The second kappa shape index (κ2) is 29.5. The predicted octanol–water partition coefficient (Wildman–Crippen LogP) is 13.4. The molecule has 0 amide bonds. The Labute approximate surface area is 260 Å². The minimum atomic E-state index is 0.551. The summed E-state index contributed by atoms with van der Waals surface area (Å²) in [5, 5.41) is 3.57. The van der Waals surface area contributed by atoms with Crippen LogP contribution in [0.5, 0.6) is 0 Å². The smallest absolute Gasteiger partial charge is 0.0831 e. The minimum Gasteiger partial charge on any atom is -0.372 e. The Kier molecular flexibility index (Phi) is 27.7. The Morgan fingerprint density at radius 1 is 0.415 bits per heavy atom. The van der Waals surface area contributed by atoms with Crippen LogP contribution in [0.2, 0.25) is 0 Å². The van der Waals surface area contributed by atoms with Crippen molar-refractivity contribution in [3.63, 3.8) is 0 Å². The predicted molar refractivity (Wildman–Crippen MR) is 187 cm³/mol. The van der Waals surface area contributed by atoms with Gasteiger partial charge in [-0.25, -0.2) is 0 Å². The van der Waals surface area contributed by atoms with Crippen LogP contribution in [0.4, 0.5) is 0 Å². The highest BCUT2D eigenvalue weighted by atomic mass is 15.1. The number of rotatable bonds is 32. The summed E-state index contributed by atoms with van der Waals surface area (Å²) in [7, 11) is 0. The van der Waals surface area contributed by atoms with Crippen molar-refractivity contribution in [2.45, 2.75) is 232 Å². The maximum Gasteiger partial charge on any atom is 0.0831 e. The van der Waals surface area contributed by atoms with E-state index in [9.17, 15) is 0 Å². The van der Waals surface area contributed by atoms with E-state index in [0.717, 1.165) is 11.8 Å². The molecular formula is C39H78N2. The lowest BCUT2D eigenvalue weighted by Gasteiger charge is -2.18. The van der Waals surface area contributed by atoms with E-state index in [-0.39, 0.29) is 0 Å². The lowest BCUT2D eigenvalue weighted by atomic mass is 9.96. The Morgan fingerprint density at radius 3 is 1.05 bits per heavy atom. The van der Waals surface area contributed by atoms with Crippen LogP contribution in [0.15, 0.2) is 4.99 Å². The van der Waals surface area contributed by atoms with Crippen molar-refractivity contribution in [2.24, 2.45) is 16.8 Å². The molecule has 0 fully saturated rings. The fourth-order valence-corrected chi connectivity index (χ4v) is 6.71. The van der Waals surface area contributed by atoms with E-state index in [2.05, 4.69) is 33.0 Å². The molecule has 1 N–H and O–H groups in total. The third-order valence-corrected chi connectivity index (χ3v) is 9.60. The summed E-state index contributed by atoms with van der Waals surface area (Å²) in [5.41, 5.74) is 0. The van der Waals surface area contributed by atoms with Gasteiger partial charge in [-0.05, 0) is 24.7 Å². The van der Waals surface area contributed by atoms with Gasteiger partial charge in [0.2, 0.25) is 0 Å². The van der Waals surface area contributed by atoms with Gasteiger partial charge in [-0.15, -0.1) is 0 Å². The van der Waals surface area contributed by atoms with Crippen LogP contribution in [0.1, 0.15) is 220 Å². The van der Waals surface area contributed by atoms with E-state index in [1.807, 2.05) is 6.34 Å². The lowest BCUT2D eigenvalue weighted by Crippen LogP contribution is -2.31. The Hall–Kier alpha value is -0.530. The minimum absolute atomic E-state index is 0.551. The van der Waals surface area contributed by atoms with Gasteiger partial charge in [0.15, 0.2) is 0 Å². The molecule has 0 aromatic heterocycles. The number of unbranched alkanes of at least 4 members (excludes halogenated alkanes) is 24. The van der Waals surface area contributed by atoms with Crippen molar-refractivity contribution in [3.05, 3.63) is 0 Å². The summed E-state index contributed by atoms with van der Waals surface area (Å²) in [6.07, 6.45) is 45.1. The molecule has 0 aliphatic carbocycles. The van der Waals surface area contributed by atoms with Crippen LogP contribution < -0.4 is 5.32 Å². The Balaban J connectivity index is 1.80. The first kappa shape index (κ1) is 38.5. The van der Waals surface area contributed by atoms with Crippen molar-refractivity contribution in [3.8, 4) is 0 Å². The van der Waals surface area contributed by atoms with Gasteiger partial charge in [0.25, 0.3) is 0 Å². The van der Waals surface area contributed by atoms with Gasteiger partial charge in [0.05, 0.1) is 12.4 Å². The zero-order valence-electron chi connectivity index (χ0n) is 29.0. The number of nitrogens with one attached hydrogen (secondary N) is 1. The van der Waals surface area contributed by atoms with E-state index in [1.54, 1.807) is 0 Å². The highest BCUT2D eigenvalue weighted by Crippen LogP contribution is 2.20. The summed E-state index contributed by atoms with van der Waals surface area (Å²) in [6.45, 7) is 9.39. The SMILES string of the molecule is CC(C)CCCCCCCCCCCCCCCC1N=CNC1CCCCCCCCCCCCCCCC(C)C. The maximum atomic E-state index is 4.78. The quantitative estimate of drug-likeness (QED) is 0.0794. The highest BCUT2D eigenvalue weighted by molar-refractivity contribution is 5.58. The summed E-state index contributed by atoms with van der Waals surface area (Å²) >= 11 is 0. The van der Waals surface area contributed by atoms with Gasteiger partial charge in [0.1, 0.15) is 0 Å². The molecule has 2 nitrogen and oxygen atoms in total. The molecule has 0 radical (unpaired) electrons. The number of hydrogen-bond acceptors (Lipinski definition) is 2. The molecule has 0 bridgehead atoms. The second-order valence-corrected chi connectivity index (χ2v) is 14.8. The molecule has 2 atom stereocenters. The molecule has 0 aromatic rings. The topological polar surface area (TPSA) is 24.4 Å². The molecule has 244 valence electrons. The van der Waals surface area contributed by atoms with E-state index in [4.69, 9.17) is 4.99 Å². The van der Waals surface area contributed by atoms with Crippen LogP contribution in [0, 0.1) is 11.8 Å². The zero-order chi connectivity index (χ0) is 29.6. The van der Waals surface area contributed by atoms with E-state index in [0.29, 0.717) is 12.1 Å². The van der Waals surface area contributed by atoms with Crippen LogP contribution in [0.25, 0.3) is 0 Å². The number of aliphatic imine (C=N–C) groups is 1. The third kappa shape index (κ3) is 26.8. The van der Waals surface area contributed by atoms with Crippen molar-refractivity contribution in [2.75, 3.05) is 0 Å². The van der Waals surface area contributed by atoms with Crippen molar-refractivity contribution in [1.29, 1.82) is 0 Å². The first-order chi connectivity index (χ1) is 20.1. The molecule has 0 aromatic carbocycles. The fraction of sp³-hybridized carbons (Fsp3) is 0.974. The molecule has 0 spiro atoms. The monoisotopic (exact) mass is 575 g/mol. The van der Waals surface area contributed by atoms with E-state index in [1.165, 1.54) is 193 Å². The van der Waals surface area contributed by atoms with E-state index < -0.39 is 0 Å². The Bertz CT molecular complexity index is 540. The van der Waals surface area contributed by atoms with Crippen molar-refractivity contribution >= 4 is 6.34 Å². The number of nitrogens with zero attached hydrogens (tertiary/aromatic N) is 1. The van der Waals surface area contributed by atoms with Gasteiger partial charge >= 0.3 is 0 Å². The van der Waals surface area contributed by atoms with E-state index >= 15 is 0 Å². The van der Waals surface area contributed by atoms with Gasteiger partial charge in [-0.3, -0.25) is 4.99 Å². The highest BCUT2D eigenvalue weighted by Gasteiger charge is 2.22. The van der Waals surface area contributed by atoms with Gasteiger partial charge in [-0.1, -0.05) is 207 Å². The van der Waals surface area contributed by atoms with Crippen molar-refractivity contribution in [1.82, 2.24) is 5.32 Å². The summed E-state index contributed by atoms with van der Waals surface area (Å²) in [5.74, 6) is 1.77. The maximum absolute atomic E-state index is 4.78. The average molecular weight is 575 g/mol. The summed E-state index contributed by atoms with van der Waals surface area (Å²) in [4.78, 5) is 4.78. The second-order valence-electron chi connectivity index (χ2n) is 14.8. The summed E-state index contributed by atoms with van der Waals surface area (Å²) < 4.78 is 0. The molecule has 2 unspecified atom stereocenters. The van der Waals surface area contributed by atoms with Crippen LogP contribution in [0.3, 0.4) is 0 Å².